The molecule has 0 aliphatic rings. The Balaban J connectivity index is 4.17. The zero-order chi connectivity index (χ0) is 16.8. The van der Waals surface area contributed by atoms with Crippen molar-refractivity contribution in [2.24, 2.45) is 0 Å². The molecule has 0 rings (SSSR count). The van der Waals surface area contributed by atoms with Gasteiger partial charge in [0.15, 0.2) is 17.2 Å². The maximum absolute atomic E-state index is 12.2. The number of hydrogen-bond donors (Lipinski definition) is 1. The molecule has 0 saturated heterocycles. The lowest BCUT2D eigenvalue weighted by Crippen LogP contribution is -2.46. The second-order valence-corrected chi connectivity index (χ2v) is 6.39. The molecule has 0 aromatic heterocycles. The van der Waals surface area contributed by atoms with Crippen molar-refractivity contribution >= 4 is 11.6 Å². The average molecular weight is 312 g/mol. The lowest BCUT2D eigenvalue weighted by molar-refractivity contribution is -0.151. The number of carbonyl (C=O) groups excluding carboxylic acids is 2. The molecule has 0 spiro atoms. The maximum atomic E-state index is 12.2. The van der Waals surface area contributed by atoms with Gasteiger partial charge in [-0.3, -0.25) is 9.59 Å². The van der Waals surface area contributed by atoms with E-state index in [4.69, 9.17) is 0 Å². The molecule has 3 heteroatoms. The topological polar surface area (TPSA) is 54.4 Å². The van der Waals surface area contributed by atoms with Crippen LogP contribution in [-0.2, 0) is 9.59 Å². The van der Waals surface area contributed by atoms with Crippen molar-refractivity contribution < 1.29 is 14.7 Å². The van der Waals surface area contributed by atoms with E-state index in [-0.39, 0.29) is 18.0 Å². The third-order valence-corrected chi connectivity index (χ3v) is 4.45. The highest BCUT2D eigenvalue weighted by atomic mass is 16.3. The van der Waals surface area contributed by atoms with E-state index in [0.717, 1.165) is 38.5 Å². The Labute approximate surface area is 136 Å². The Morgan fingerprint density at radius 3 is 1.36 bits per heavy atom. The summed E-state index contributed by atoms with van der Waals surface area (Å²) in [5.41, 5.74) is -1.73. The van der Waals surface area contributed by atoms with Gasteiger partial charge >= 0.3 is 0 Å². The summed E-state index contributed by atoms with van der Waals surface area (Å²) in [6, 6.07) is 0. The van der Waals surface area contributed by atoms with Crippen molar-refractivity contribution in [3.05, 3.63) is 0 Å². The number of ketones is 2. The standard InChI is InChI=1S/C19H36O3/c1-4-7-9-11-13-15-17(20)19(22,6-3)18(21)16-14-12-10-8-5-2/h22H,4-16H2,1-3H3. The normalized spacial score (nSPS) is 11.6. The second kappa shape index (κ2) is 12.8. The highest BCUT2D eigenvalue weighted by Gasteiger charge is 2.39. The van der Waals surface area contributed by atoms with Crippen LogP contribution in [0.2, 0.25) is 0 Å². The van der Waals surface area contributed by atoms with Gasteiger partial charge in [0.25, 0.3) is 0 Å². The third kappa shape index (κ3) is 8.07. The summed E-state index contributed by atoms with van der Waals surface area (Å²) in [5.74, 6) is -0.546. The Kier molecular flexibility index (Phi) is 12.4. The summed E-state index contributed by atoms with van der Waals surface area (Å²) >= 11 is 0. The fourth-order valence-electron chi connectivity index (χ4n) is 2.74. The van der Waals surface area contributed by atoms with Crippen molar-refractivity contribution in [1.82, 2.24) is 0 Å². The molecule has 3 nitrogen and oxygen atoms in total. The fraction of sp³-hybridized carbons (Fsp3) is 0.895. The first-order chi connectivity index (χ1) is 10.5. The predicted molar refractivity (Wildman–Crippen MR) is 92.0 cm³/mol. The minimum absolute atomic E-state index is 0.203. The van der Waals surface area contributed by atoms with Gasteiger partial charge in [-0.1, -0.05) is 72.1 Å². The number of rotatable bonds is 15. The number of unbranched alkanes of at least 4 members (excludes halogenated alkanes) is 8. The molecule has 1 N–H and O–H groups in total. The third-order valence-electron chi connectivity index (χ3n) is 4.45. The Hall–Kier alpha value is -0.700. The number of Topliss-reactive ketones (excluding diaryl/α,β-unsaturated/α-hetero) is 2. The molecule has 0 heterocycles. The van der Waals surface area contributed by atoms with Crippen molar-refractivity contribution in [2.75, 3.05) is 0 Å². The molecule has 0 aromatic carbocycles. The fourth-order valence-corrected chi connectivity index (χ4v) is 2.74. The summed E-state index contributed by atoms with van der Waals surface area (Å²) in [6.07, 6.45) is 11.4. The summed E-state index contributed by atoms with van der Waals surface area (Å²) in [4.78, 5) is 24.5. The zero-order valence-electron chi connectivity index (χ0n) is 15.0. The van der Waals surface area contributed by atoms with E-state index in [1.807, 2.05) is 0 Å². The van der Waals surface area contributed by atoms with Crippen LogP contribution in [0, 0.1) is 0 Å². The Morgan fingerprint density at radius 2 is 1.05 bits per heavy atom. The molecule has 0 atom stereocenters. The minimum atomic E-state index is -1.73. The first-order valence-electron chi connectivity index (χ1n) is 9.31. The monoisotopic (exact) mass is 312 g/mol. The van der Waals surface area contributed by atoms with Crippen LogP contribution >= 0.6 is 0 Å². The van der Waals surface area contributed by atoms with Gasteiger partial charge in [-0.05, 0) is 19.3 Å². The van der Waals surface area contributed by atoms with E-state index in [9.17, 15) is 14.7 Å². The summed E-state index contributed by atoms with van der Waals surface area (Å²) < 4.78 is 0. The first kappa shape index (κ1) is 21.3. The predicted octanol–water partition coefficient (Wildman–Crippen LogP) is 4.99. The first-order valence-corrected chi connectivity index (χ1v) is 9.31. The summed E-state index contributed by atoms with van der Waals surface area (Å²) in [5, 5.41) is 10.5. The molecule has 0 radical (unpaired) electrons. The Bertz CT molecular complexity index is 284. The molecule has 0 fully saturated rings. The smallest absolute Gasteiger partial charge is 0.180 e. The van der Waals surface area contributed by atoms with Crippen LogP contribution in [0.3, 0.4) is 0 Å². The van der Waals surface area contributed by atoms with Gasteiger partial charge < -0.3 is 5.11 Å². The number of hydrogen-bond acceptors (Lipinski definition) is 3. The van der Waals surface area contributed by atoms with Crippen molar-refractivity contribution in [3.63, 3.8) is 0 Å². The van der Waals surface area contributed by atoms with Crippen LogP contribution in [0.5, 0.6) is 0 Å². The van der Waals surface area contributed by atoms with Gasteiger partial charge in [0.1, 0.15) is 0 Å². The van der Waals surface area contributed by atoms with Gasteiger partial charge in [0.05, 0.1) is 0 Å². The van der Waals surface area contributed by atoms with E-state index in [1.165, 1.54) is 25.7 Å². The van der Waals surface area contributed by atoms with Crippen LogP contribution in [0.1, 0.15) is 104 Å². The lowest BCUT2D eigenvalue weighted by atomic mass is 9.85. The van der Waals surface area contributed by atoms with E-state index in [0.29, 0.717) is 12.8 Å². The van der Waals surface area contributed by atoms with E-state index in [1.54, 1.807) is 6.92 Å². The van der Waals surface area contributed by atoms with Gasteiger partial charge in [0.2, 0.25) is 0 Å². The van der Waals surface area contributed by atoms with Gasteiger partial charge in [-0.2, -0.15) is 0 Å². The minimum Gasteiger partial charge on any atom is -0.375 e. The molecule has 0 aliphatic heterocycles. The van der Waals surface area contributed by atoms with Crippen molar-refractivity contribution in [2.45, 2.75) is 110 Å². The molecule has 0 bridgehead atoms. The highest BCUT2D eigenvalue weighted by Crippen LogP contribution is 2.21. The average Bonchev–Trinajstić information content (AvgIpc) is 2.53. The number of aliphatic hydroxyl groups is 1. The zero-order valence-corrected chi connectivity index (χ0v) is 15.0. The lowest BCUT2D eigenvalue weighted by Gasteiger charge is -2.23. The molecule has 0 amide bonds. The molecule has 22 heavy (non-hydrogen) atoms. The molecule has 0 aromatic rings. The summed E-state index contributed by atoms with van der Waals surface area (Å²) in [6.45, 7) is 6.03. The SMILES string of the molecule is CCCCCCCC(=O)C(O)(CC)C(=O)CCCCCCC. The molecule has 130 valence electrons. The Morgan fingerprint density at radius 1 is 0.682 bits per heavy atom. The molecular weight excluding hydrogens is 276 g/mol. The molecule has 0 saturated carbocycles. The maximum Gasteiger partial charge on any atom is 0.180 e. The van der Waals surface area contributed by atoms with Gasteiger partial charge in [-0.25, -0.2) is 0 Å². The highest BCUT2D eigenvalue weighted by molar-refractivity contribution is 6.09. The number of carbonyl (C=O) groups is 2. The molecular formula is C19H36O3. The van der Waals surface area contributed by atoms with Crippen LogP contribution in [0.4, 0.5) is 0 Å². The van der Waals surface area contributed by atoms with E-state index in [2.05, 4.69) is 13.8 Å². The van der Waals surface area contributed by atoms with E-state index >= 15 is 0 Å². The quantitative estimate of drug-likeness (QED) is 0.342. The van der Waals surface area contributed by atoms with Crippen LogP contribution in [-0.4, -0.2) is 22.3 Å². The second-order valence-electron chi connectivity index (χ2n) is 6.39. The van der Waals surface area contributed by atoms with Crippen LogP contribution < -0.4 is 0 Å². The summed E-state index contributed by atoms with van der Waals surface area (Å²) in [7, 11) is 0. The van der Waals surface area contributed by atoms with Crippen molar-refractivity contribution in [1.29, 1.82) is 0 Å². The van der Waals surface area contributed by atoms with Gasteiger partial charge in [-0.15, -0.1) is 0 Å². The molecule has 0 unspecified atom stereocenters. The van der Waals surface area contributed by atoms with Crippen LogP contribution in [0.15, 0.2) is 0 Å². The molecule has 0 aliphatic carbocycles. The van der Waals surface area contributed by atoms with Gasteiger partial charge in [0, 0.05) is 12.8 Å². The van der Waals surface area contributed by atoms with Crippen molar-refractivity contribution in [3.8, 4) is 0 Å². The largest absolute Gasteiger partial charge is 0.375 e. The van der Waals surface area contributed by atoms with E-state index < -0.39 is 5.60 Å². The van der Waals surface area contributed by atoms with Crippen LogP contribution in [0.25, 0.3) is 0 Å².